The number of nitrogens with one attached hydrogen (secondary N) is 1. The molecule has 1 aromatic rings. The number of halogens is 2. The Morgan fingerprint density at radius 2 is 2.16 bits per heavy atom. The monoisotopic (exact) mass is 325 g/mol. The van der Waals surface area contributed by atoms with Crippen molar-refractivity contribution in [3.05, 3.63) is 28.0 Å². The molecule has 5 heteroatoms. The number of hydrogen-bond donors (Lipinski definition) is 1. The second-order valence-corrected chi connectivity index (χ2v) is 5.55. The van der Waals surface area contributed by atoms with E-state index in [9.17, 15) is 4.39 Å². The molecule has 102 valence electrons. The van der Waals surface area contributed by atoms with Crippen LogP contribution in [0.5, 0.6) is 0 Å². The summed E-state index contributed by atoms with van der Waals surface area (Å²) in [4.78, 5) is 2.39. The van der Waals surface area contributed by atoms with Crippen LogP contribution >= 0.6 is 15.9 Å². The topological polar surface area (TPSA) is 39.1 Å². The Hall–Kier alpha value is -1.12. The van der Waals surface area contributed by atoms with E-state index in [1.54, 1.807) is 12.1 Å². The molecule has 0 spiro atoms. The number of rotatable bonds is 3. The van der Waals surface area contributed by atoms with Crippen LogP contribution in [-0.4, -0.2) is 30.6 Å². The lowest BCUT2D eigenvalue weighted by atomic mass is 10.0. The van der Waals surface area contributed by atoms with Gasteiger partial charge in [-0.15, -0.1) is 0 Å². The zero-order valence-corrected chi connectivity index (χ0v) is 12.5. The van der Waals surface area contributed by atoms with Crippen LogP contribution in [0.2, 0.25) is 0 Å². The zero-order chi connectivity index (χ0) is 13.8. The molecule has 2 rings (SSSR count). The van der Waals surface area contributed by atoms with Gasteiger partial charge in [-0.3, -0.25) is 0 Å². The van der Waals surface area contributed by atoms with Crippen molar-refractivity contribution in [2.45, 2.75) is 25.8 Å². The molecule has 0 unspecified atom stereocenters. The van der Waals surface area contributed by atoms with Crippen molar-refractivity contribution >= 4 is 21.6 Å². The molecule has 1 heterocycles. The molecule has 1 N–H and O–H groups in total. The molecule has 0 amide bonds. The highest BCUT2D eigenvalue weighted by Gasteiger charge is 2.20. The Labute approximate surface area is 121 Å². The summed E-state index contributed by atoms with van der Waals surface area (Å²) in [5, 5.41) is 12.1. The maximum atomic E-state index is 14.1. The summed E-state index contributed by atoms with van der Waals surface area (Å²) in [5.41, 5.74) is 0.796. The van der Waals surface area contributed by atoms with Crippen molar-refractivity contribution in [1.82, 2.24) is 4.90 Å². The van der Waals surface area contributed by atoms with E-state index in [4.69, 9.17) is 5.26 Å². The molecule has 1 aliphatic heterocycles. The maximum absolute atomic E-state index is 14.1. The van der Waals surface area contributed by atoms with Gasteiger partial charge in [0.15, 0.2) is 5.82 Å². The van der Waals surface area contributed by atoms with Crippen LogP contribution in [0.3, 0.4) is 0 Å². The molecule has 0 bridgehead atoms. The fraction of sp³-hybridized carbons (Fsp3) is 0.500. The standard InChI is InChI=1S/C14H17BrFN3/c1-2-19-7-5-11(6-8-19)18-12-4-3-10(9-17)13(15)14(12)16/h3-4,11,18H,2,5-8H2,1H3. The van der Waals surface area contributed by atoms with Gasteiger partial charge < -0.3 is 10.2 Å². The second-order valence-electron chi connectivity index (χ2n) is 4.75. The lowest BCUT2D eigenvalue weighted by molar-refractivity contribution is 0.229. The zero-order valence-electron chi connectivity index (χ0n) is 10.9. The molecule has 1 aliphatic rings. The smallest absolute Gasteiger partial charge is 0.161 e. The van der Waals surface area contributed by atoms with Crippen LogP contribution in [0, 0.1) is 17.1 Å². The minimum atomic E-state index is -0.378. The molecule has 3 nitrogen and oxygen atoms in total. The quantitative estimate of drug-likeness (QED) is 0.926. The highest BCUT2D eigenvalue weighted by molar-refractivity contribution is 9.10. The Bertz CT molecular complexity index is 490. The number of nitriles is 1. The second kappa shape index (κ2) is 6.36. The van der Waals surface area contributed by atoms with Crippen molar-refractivity contribution in [2.75, 3.05) is 25.0 Å². The molecule has 19 heavy (non-hydrogen) atoms. The minimum absolute atomic E-state index is 0.242. The first-order valence-corrected chi connectivity index (χ1v) is 7.32. The van der Waals surface area contributed by atoms with Crippen LogP contribution < -0.4 is 5.32 Å². The van der Waals surface area contributed by atoms with E-state index in [2.05, 4.69) is 33.1 Å². The van der Waals surface area contributed by atoms with Gasteiger partial charge in [-0.1, -0.05) is 6.92 Å². The molecule has 1 fully saturated rings. The van der Waals surface area contributed by atoms with Gasteiger partial charge >= 0.3 is 0 Å². The van der Waals surface area contributed by atoms with Crippen LogP contribution in [0.15, 0.2) is 16.6 Å². The van der Waals surface area contributed by atoms with Crippen LogP contribution in [0.25, 0.3) is 0 Å². The van der Waals surface area contributed by atoms with E-state index in [1.165, 1.54) is 0 Å². The van der Waals surface area contributed by atoms with E-state index in [0.717, 1.165) is 32.5 Å². The number of anilines is 1. The Balaban J connectivity index is 2.05. The van der Waals surface area contributed by atoms with Gasteiger partial charge in [0.05, 0.1) is 15.7 Å². The van der Waals surface area contributed by atoms with E-state index < -0.39 is 0 Å². The third-order valence-corrected chi connectivity index (χ3v) is 4.37. The van der Waals surface area contributed by atoms with Gasteiger partial charge in [-0.25, -0.2) is 4.39 Å². The lowest BCUT2D eigenvalue weighted by Gasteiger charge is -2.32. The molecular weight excluding hydrogens is 309 g/mol. The first kappa shape index (κ1) is 14.3. The third-order valence-electron chi connectivity index (χ3n) is 3.60. The molecule has 0 radical (unpaired) electrons. The van der Waals surface area contributed by atoms with E-state index in [0.29, 0.717) is 17.3 Å². The molecule has 0 atom stereocenters. The number of nitrogens with zero attached hydrogens (tertiary/aromatic N) is 2. The molecule has 0 aromatic heterocycles. The van der Waals surface area contributed by atoms with Gasteiger partial charge in [0.1, 0.15) is 6.07 Å². The fourth-order valence-electron chi connectivity index (χ4n) is 2.36. The summed E-state index contributed by atoms with van der Waals surface area (Å²) >= 11 is 3.13. The maximum Gasteiger partial charge on any atom is 0.161 e. The largest absolute Gasteiger partial charge is 0.380 e. The average Bonchev–Trinajstić information content (AvgIpc) is 2.45. The molecule has 0 aliphatic carbocycles. The summed E-state index contributed by atoms with van der Waals surface area (Å²) in [7, 11) is 0. The van der Waals surface area contributed by atoms with Gasteiger partial charge in [-0.2, -0.15) is 5.26 Å². The van der Waals surface area contributed by atoms with Gasteiger partial charge in [-0.05, 0) is 47.4 Å². The van der Waals surface area contributed by atoms with E-state index >= 15 is 0 Å². The summed E-state index contributed by atoms with van der Waals surface area (Å²) in [6, 6.07) is 5.54. The van der Waals surface area contributed by atoms with Crippen LogP contribution in [0.4, 0.5) is 10.1 Å². The Morgan fingerprint density at radius 1 is 1.47 bits per heavy atom. The SMILES string of the molecule is CCN1CCC(Nc2ccc(C#N)c(Br)c2F)CC1. The molecule has 0 saturated carbocycles. The van der Waals surface area contributed by atoms with Gasteiger partial charge in [0.2, 0.25) is 0 Å². The highest BCUT2D eigenvalue weighted by atomic mass is 79.9. The van der Waals surface area contributed by atoms with Crippen LogP contribution in [-0.2, 0) is 0 Å². The summed E-state index contributed by atoms with van der Waals surface area (Å²) in [5.74, 6) is -0.378. The lowest BCUT2D eigenvalue weighted by Crippen LogP contribution is -2.39. The predicted molar refractivity (Wildman–Crippen MR) is 77.6 cm³/mol. The number of piperidine rings is 1. The number of likely N-dealkylation sites (tertiary alicyclic amines) is 1. The van der Waals surface area contributed by atoms with Crippen molar-refractivity contribution < 1.29 is 4.39 Å². The van der Waals surface area contributed by atoms with Crippen molar-refractivity contribution in [3.63, 3.8) is 0 Å². The Kier molecular flexibility index (Phi) is 4.78. The molecule has 1 saturated heterocycles. The first-order chi connectivity index (χ1) is 9.15. The number of benzene rings is 1. The predicted octanol–water partition coefficient (Wildman–Crippen LogP) is 3.36. The minimum Gasteiger partial charge on any atom is -0.380 e. The molecular formula is C14H17BrFN3. The van der Waals surface area contributed by atoms with Gasteiger partial charge in [0.25, 0.3) is 0 Å². The van der Waals surface area contributed by atoms with Crippen molar-refractivity contribution in [3.8, 4) is 6.07 Å². The fourth-order valence-corrected chi connectivity index (χ4v) is 2.80. The number of hydrogen-bond acceptors (Lipinski definition) is 3. The first-order valence-electron chi connectivity index (χ1n) is 6.52. The summed E-state index contributed by atoms with van der Waals surface area (Å²) in [6.45, 7) is 5.33. The van der Waals surface area contributed by atoms with Crippen molar-refractivity contribution in [1.29, 1.82) is 5.26 Å². The normalized spacial score (nSPS) is 17.2. The average molecular weight is 326 g/mol. The van der Waals surface area contributed by atoms with Crippen LogP contribution in [0.1, 0.15) is 25.3 Å². The molecule has 1 aromatic carbocycles. The van der Waals surface area contributed by atoms with Crippen molar-refractivity contribution in [2.24, 2.45) is 0 Å². The summed E-state index contributed by atoms with van der Waals surface area (Å²) < 4.78 is 14.3. The van der Waals surface area contributed by atoms with Gasteiger partial charge in [0, 0.05) is 19.1 Å². The van der Waals surface area contributed by atoms with E-state index in [1.807, 2.05) is 6.07 Å². The highest BCUT2D eigenvalue weighted by Crippen LogP contribution is 2.28. The third kappa shape index (κ3) is 3.26. The summed E-state index contributed by atoms with van der Waals surface area (Å²) in [6.07, 6.45) is 2.04. The Morgan fingerprint density at radius 3 is 2.74 bits per heavy atom. The van der Waals surface area contributed by atoms with E-state index in [-0.39, 0.29) is 10.3 Å².